The Bertz CT molecular complexity index is 591. The number of rotatable bonds is 5. The molecule has 0 aliphatic carbocycles. The monoisotopic (exact) mass is 348 g/mol. The number of piperazine rings is 1. The van der Waals surface area contributed by atoms with Crippen molar-refractivity contribution in [2.24, 2.45) is 0 Å². The highest BCUT2D eigenvalue weighted by Gasteiger charge is 2.25. The SMILES string of the molecule is O=C(CN1CCN(C(=O)CC2CCCCO2)CC1)c1ccc(F)cc1. The number of hydrogen-bond donors (Lipinski definition) is 0. The van der Waals surface area contributed by atoms with Gasteiger partial charge < -0.3 is 9.64 Å². The average molecular weight is 348 g/mol. The summed E-state index contributed by atoms with van der Waals surface area (Å²) in [6.45, 7) is 3.72. The largest absolute Gasteiger partial charge is 0.378 e. The number of carbonyl (C=O) groups is 2. The van der Waals surface area contributed by atoms with E-state index in [9.17, 15) is 14.0 Å². The number of ether oxygens (including phenoxy) is 1. The molecule has 2 saturated heterocycles. The van der Waals surface area contributed by atoms with E-state index in [1.54, 1.807) is 0 Å². The fraction of sp³-hybridized carbons (Fsp3) is 0.579. The number of benzene rings is 1. The van der Waals surface area contributed by atoms with Crippen molar-refractivity contribution in [3.63, 3.8) is 0 Å². The summed E-state index contributed by atoms with van der Waals surface area (Å²) in [5.74, 6) is -0.211. The predicted molar refractivity (Wildman–Crippen MR) is 92.0 cm³/mol. The average Bonchev–Trinajstić information content (AvgIpc) is 2.63. The van der Waals surface area contributed by atoms with Crippen LogP contribution in [0, 0.1) is 5.82 Å². The van der Waals surface area contributed by atoms with E-state index in [1.807, 2.05) is 9.80 Å². The third-order valence-corrected chi connectivity index (χ3v) is 4.93. The molecule has 1 atom stereocenters. The van der Waals surface area contributed by atoms with Gasteiger partial charge in [-0.1, -0.05) is 0 Å². The fourth-order valence-corrected chi connectivity index (χ4v) is 3.38. The van der Waals surface area contributed by atoms with Crippen molar-refractivity contribution in [3.05, 3.63) is 35.6 Å². The molecule has 3 rings (SSSR count). The van der Waals surface area contributed by atoms with Crippen LogP contribution in [-0.2, 0) is 9.53 Å². The normalized spacial score (nSPS) is 22.0. The van der Waals surface area contributed by atoms with Gasteiger partial charge in [0.1, 0.15) is 5.82 Å². The minimum atomic E-state index is -0.342. The van der Waals surface area contributed by atoms with Gasteiger partial charge in [-0.15, -0.1) is 0 Å². The van der Waals surface area contributed by atoms with Crippen LogP contribution in [0.1, 0.15) is 36.0 Å². The van der Waals surface area contributed by atoms with Gasteiger partial charge in [0, 0.05) is 38.3 Å². The third kappa shape index (κ3) is 5.09. The van der Waals surface area contributed by atoms with E-state index >= 15 is 0 Å². The number of hydrogen-bond acceptors (Lipinski definition) is 4. The lowest BCUT2D eigenvalue weighted by Crippen LogP contribution is -2.50. The molecule has 0 aromatic heterocycles. The van der Waals surface area contributed by atoms with Crippen LogP contribution in [0.2, 0.25) is 0 Å². The number of halogens is 1. The maximum atomic E-state index is 12.9. The zero-order chi connectivity index (χ0) is 17.6. The molecule has 2 aliphatic rings. The molecular weight excluding hydrogens is 323 g/mol. The molecule has 136 valence electrons. The van der Waals surface area contributed by atoms with E-state index in [1.165, 1.54) is 24.3 Å². The molecule has 6 heteroatoms. The van der Waals surface area contributed by atoms with Crippen LogP contribution in [-0.4, -0.2) is 66.9 Å². The Morgan fingerprint density at radius 1 is 1.08 bits per heavy atom. The lowest BCUT2D eigenvalue weighted by molar-refractivity contribution is -0.136. The minimum Gasteiger partial charge on any atom is -0.378 e. The molecule has 0 spiro atoms. The number of nitrogens with zero attached hydrogens (tertiary/aromatic N) is 2. The fourth-order valence-electron chi connectivity index (χ4n) is 3.38. The number of carbonyl (C=O) groups excluding carboxylic acids is 2. The van der Waals surface area contributed by atoms with Gasteiger partial charge in [0.15, 0.2) is 5.78 Å². The first-order chi connectivity index (χ1) is 12.1. The first-order valence-electron chi connectivity index (χ1n) is 9.02. The first kappa shape index (κ1) is 18.0. The van der Waals surface area contributed by atoms with E-state index in [-0.39, 0.29) is 23.6 Å². The molecule has 0 bridgehead atoms. The van der Waals surface area contributed by atoms with Crippen molar-refractivity contribution in [1.29, 1.82) is 0 Å². The molecule has 1 aromatic rings. The van der Waals surface area contributed by atoms with Gasteiger partial charge in [0.25, 0.3) is 0 Å². The summed E-state index contributed by atoms with van der Waals surface area (Å²) in [6, 6.07) is 5.64. The standard InChI is InChI=1S/C19H25FN2O3/c20-16-6-4-15(5-7-16)18(23)14-21-8-10-22(11-9-21)19(24)13-17-3-1-2-12-25-17/h4-7,17H,1-3,8-14H2. The lowest BCUT2D eigenvalue weighted by Gasteiger charge is -2.35. The van der Waals surface area contributed by atoms with Gasteiger partial charge in [-0.3, -0.25) is 14.5 Å². The second kappa shape index (κ2) is 8.54. The van der Waals surface area contributed by atoms with Crippen LogP contribution in [0.15, 0.2) is 24.3 Å². The molecule has 2 heterocycles. The van der Waals surface area contributed by atoms with Crippen molar-refractivity contribution in [1.82, 2.24) is 9.80 Å². The second-order valence-corrected chi connectivity index (χ2v) is 6.78. The van der Waals surface area contributed by atoms with Gasteiger partial charge in [0.05, 0.1) is 19.1 Å². The number of amides is 1. The van der Waals surface area contributed by atoms with E-state index in [0.717, 1.165) is 25.9 Å². The number of ketones is 1. The summed E-state index contributed by atoms with van der Waals surface area (Å²) in [5, 5.41) is 0. The van der Waals surface area contributed by atoms with Crippen LogP contribution in [0.3, 0.4) is 0 Å². The van der Waals surface area contributed by atoms with Gasteiger partial charge >= 0.3 is 0 Å². The van der Waals surface area contributed by atoms with Crippen LogP contribution < -0.4 is 0 Å². The molecule has 25 heavy (non-hydrogen) atoms. The zero-order valence-electron chi connectivity index (χ0n) is 14.5. The van der Waals surface area contributed by atoms with Gasteiger partial charge in [-0.2, -0.15) is 0 Å². The maximum Gasteiger partial charge on any atom is 0.225 e. The predicted octanol–water partition coefficient (Wildman–Crippen LogP) is 2.11. The molecule has 1 aromatic carbocycles. The van der Waals surface area contributed by atoms with Crippen LogP contribution in [0.25, 0.3) is 0 Å². The minimum absolute atomic E-state index is 0.0182. The van der Waals surface area contributed by atoms with E-state index in [2.05, 4.69) is 0 Å². The molecule has 2 fully saturated rings. The summed E-state index contributed by atoms with van der Waals surface area (Å²) in [5.41, 5.74) is 0.523. The van der Waals surface area contributed by atoms with E-state index in [4.69, 9.17) is 4.74 Å². The summed E-state index contributed by atoms with van der Waals surface area (Å²) in [7, 11) is 0. The quantitative estimate of drug-likeness (QED) is 0.765. The molecule has 2 aliphatic heterocycles. The highest BCUT2D eigenvalue weighted by Crippen LogP contribution is 2.17. The summed E-state index contributed by atoms with van der Waals surface area (Å²) >= 11 is 0. The van der Waals surface area contributed by atoms with Gasteiger partial charge in [0.2, 0.25) is 5.91 Å². The molecular formula is C19H25FN2O3. The first-order valence-corrected chi connectivity index (χ1v) is 9.02. The Kier molecular flexibility index (Phi) is 6.15. The van der Waals surface area contributed by atoms with Gasteiger partial charge in [-0.05, 0) is 43.5 Å². The summed E-state index contributed by atoms with van der Waals surface area (Å²) in [6.07, 6.45) is 3.73. The maximum absolute atomic E-state index is 12.9. The van der Waals surface area contributed by atoms with Gasteiger partial charge in [-0.25, -0.2) is 4.39 Å². The van der Waals surface area contributed by atoms with Crippen LogP contribution in [0.4, 0.5) is 4.39 Å². The second-order valence-electron chi connectivity index (χ2n) is 6.78. The highest BCUT2D eigenvalue weighted by molar-refractivity contribution is 5.97. The Morgan fingerprint density at radius 2 is 1.80 bits per heavy atom. The Morgan fingerprint density at radius 3 is 2.44 bits per heavy atom. The molecule has 1 unspecified atom stereocenters. The van der Waals surface area contributed by atoms with Crippen molar-refractivity contribution in [2.45, 2.75) is 31.8 Å². The van der Waals surface area contributed by atoms with Crippen molar-refractivity contribution in [3.8, 4) is 0 Å². The Hall–Kier alpha value is -1.79. The van der Waals surface area contributed by atoms with Crippen LogP contribution >= 0.6 is 0 Å². The lowest BCUT2D eigenvalue weighted by atomic mass is 10.1. The van der Waals surface area contributed by atoms with Crippen molar-refractivity contribution >= 4 is 11.7 Å². The van der Waals surface area contributed by atoms with E-state index < -0.39 is 0 Å². The third-order valence-electron chi connectivity index (χ3n) is 4.93. The van der Waals surface area contributed by atoms with Crippen LogP contribution in [0.5, 0.6) is 0 Å². The molecule has 0 radical (unpaired) electrons. The summed E-state index contributed by atoms with van der Waals surface area (Å²) < 4.78 is 18.6. The molecule has 0 N–H and O–H groups in total. The molecule has 5 nitrogen and oxygen atoms in total. The smallest absolute Gasteiger partial charge is 0.225 e. The Balaban J connectivity index is 1.42. The van der Waals surface area contributed by atoms with Crippen molar-refractivity contribution in [2.75, 3.05) is 39.3 Å². The number of Topliss-reactive ketones (excluding diaryl/α,β-unsaturated/α-hetero) is 1. The zero-order valence-corrected chi connectivity index (χ0v) is 14.5. The topological polar surface area (TPSA) is 49.9 Å². The molecule has 0 saturated carbocycles. The molecule has 1 amide bonds. The Labute approximate surface area is 147 Å². The summed E-state index contributed by atoms with van der Waals surface area (Å²) in [4.78, 5) is 28.5. The van der Waals surface area contributed by atoms with E-state index in [0.29, 0.717) is 44.7 Å². The van der Waals surface area contributed by atoms with Crippen molar-refractivity contribution < 1.29 is 18.7 Å². The highest BCUT2D eigenvalue weighted by atomic mass is 19.1.